The molecule has 3 nitrogen and oxygen atoms in total. The SMILES string of the molecule is CCC(N)(CC)C(=O)c1ccco1. The molecular formula is C10H15NO2. The summed E-state index contributed by atoms with van der Waals surface area (Å²) in [6.07, 6.45) is 2.74. The molecule has 72 valence electrons. The summed E-state index contributed by atoms with van der Waals surface area (Å²) in [7, 11) is 0. The lowest BCUT2D eigenvalue weighted by Crippen LogP contribution is -2.46. The molecule has 0 amide bonds. The Bertz CT molecular complexity index is 273. The zero-order valence-electron chi connectivity index (χ0n) is 8.04. The van der Waals surface area contributed by atoms with E-state index in [1.807, 2.05) is 13.8 Å². The summed E-state index contributed by atoms with van der Waals surface area (Å²) in [5.74, 6) is 0.244. The maximum Gasteiger partial charge on any atom is 0.217 e. The first-order valence-corrected chi connectivity index (χ1v) is 4.51. The van der Waals surface area contributed by atoms with Crippen LogP contribution in [0.4, 0.5) is 0 Å². The number of nitrogens with two attached hydrogens (primary N) is 1. The van der Waals surface area contributed by atoms with E-state index in [-0.39, 0.29) is 5.78 Å². The molecule has 1 aromatic rings. The van der Waals surface area contributed by atoms with Crippen LogP contribution in [-0.4, -0.2) is 11.3 Å². The third kappa shape index (κ3) is 1.80. The molecule has 13 heavy (non-hydrogen) atoms. The summed E-state index contributed by atoms with van der Waals surface area (Å²) < 4.78 is 5.02. The van der Waals surface area contributed by atoms with Gasteiger partial charge in [0.25, 0.3) is 0 Å². The summed E-state index contributed by atoms with van der Waals surface area (Å²) in [5, 5.41) is 0. The number of hydrogen-bond donors (Lipinski definition) is 1. The zero-order valence-corrected chi connectivity index (χ0v) is 8.04. The molecule has 0 aliphatic carbocycles. The standard InChI is InChI=1S/C10H15NO2/c1-3-10(11,4-2)9(12)8-6-5-7-13-8/h5-7H,3-4,11H2,1-2H3. The van der Waals surface area contributed by atoms with Gasteiger partial charge in [-0.25, -0.2) is 0 Å². The van der Waals surface area contributed by atoms with E-state index in [1.165, 1.54) is 6.26 Å². The van der Waals surface area contributed by atoms with E-state index in [9.17, 15) is 4.79 Å². The van der Waals surface area contributed by atoms with Gasteiger partial charge >= 0.3 is 0 Å². The molecule has 0 fully saturated rings. The van der Waals surface area contributed by atoms with Crippen LogP contribution >= 0.6 is 0 Å². The fourth-order valence-electron chi connectivity index (χ4n) is 1.22. The largest absolute Gasteiger partial charge is 0.461 e. The molecule has 0 spiro atoms. The fraction of sp³-hybridized carbons (Fsp3) is 0.500. The molecule has 0 aliphatic rings. The van der Waals surface area contributed by atoms with Gasteiger partial charge in [0.15, 0.2) is 5.76 Å². The average molecular weight is 181 g/mol. The minimum Gasteiger partial charge on any atom is -0.461 e. The highest BCUT2D eigenvalue weighted by atomic mass is 16.3. The Morgan fingerprint density at radius 2 is 2.15 bits per heavy atom. The van der Waals surface area contributed by atoms with Crippen LogP contribution in [0.3, 0.4) is 0 Å². The van der Waals surface area contributed by atoms with Gasteiger partial charge in [0.2, 0.25) is 5.78 Å². The maximum atomic E-state index is 11.8. The average Bonchev–Trinajstić information content (AvgIpc) is 2.68. The second kappa shape index (κ2) is 3.75. The quantitative estimate of drug-likeness (QED) is 0.722. The molecule has 3 heteroatoms. The van der Waals surface area contributed by atoms with Crippen molar-refractivity contribution in [3.8, 4) is 0 Å². The predicted octanol–water partition coefficient (Wildman–Crippen LogP) is 1.98. The van der Waals surface area contributed by atoms with Gasteiger partial charge in [0, 0.05) is 0 Å². The maximum absolute atomic E-state index is 11.8. The summed E-state index contributed by atoms with van der Waals surface area (Å²) in [4.78, 5) is 11.8. The number of Topliss-reactive ketones (excluding diaryl/α,β-unsaturated/α-hetero) is 1. The number of furan rings is 1. The first-order chi connectivity index (χ1) is 6.14. The van der Waals surface area contributed by atoms with E-state index in [1.54, 1.807) is 12.1 Å². The van der Waals surface area contributed by atoms with Crippen LogP contribution in [0.5, 0.6) is 0 Å². The van der Waals surface area contributed by atoms with Crippen molar-refractivity contribution < 1.29 is 9.21 Å². The topological polar surface area (TPSA) is 56.2 Å². The van der Waals surface area contributed by atoms with Crippen LogP contribution in [0.15, 0.2) is 22.8 Å². The summed E-state index contributed by atoms with van der Waals surface area (Å²) in [6, 6.07) is 3.34. The molecule has 0 aromatic carbocycles. The van der Waals surface area contributed by atoms with Crippen molar-refractivity contribution in [2.75, 3.05) is 0 Å². The highest BCUT2D eigenvalue weighted by Gasteiger charge is 2.32. The number of carbonyl (C=O) groups excluding carboxylic acids is 1. The van der Waals surface area contributed by atoms with Gasteiger partial charge in [0.1, 0.15) is 0 Å². The summed E-state index contributed by atoms with van der Waals surface area (Å²) in [6.45, 7) is 3.81. The molecule has 0 aliphatic heterocycles. The van der Waals surface area contributed by atoms with Gasteiger partial charge < -0.3 is 10.2 Å². The summed E-state index contributed by atoms with van der Waals surface area (Å²) in [5.41, 5.74) is 5.16. The van der Waals surface area contributed by atoms with Crippen molar-refractivity contribution in [1.82, 2.24) is 0 Å². The third-order valence-electron chi connectivity index (χ3n) is 2.46. The zero-order chi connectivity index (χ0) is 9.90. The lowest BCUT2D eigenvalue weighted by Gasteiger charge is -2.23. The van der Waals surface area contributed by atoms with E-state index >= 15 is 0 Å². The Labute approximate surface area is 77.9 Å². The minimum atomic E-state index is -0.766. The highest BCUT2D eigenvalue weighted by Crippen LogP contribution is 2.18. The number of carbonyl (C=O) groups is 1. The van der Waals surface area contributed by atoms with Crippen LogP contribution in [0.2, 0.25) is 0 Å². The molecule has 1 aromatic heterocycles. The Morgan fingerprint density at radius 3 is 2.54 bits per heavy atom. The van der Waals surface area contributed by atoms with E-state index in [4.69, 9.17) is 10.2 Å². The summed E-state index contributed by atoms with van der Waals surface area (Å²) >= 11 is 0. The lowest BCUT2D eigenvalue weighted by molar-refractivity contribution is 0.0850. The molecule has 0 bridgehead atoms. The predicted molar refractivity (Wildman–Crippen MR) is 50.5 cm³/mol. The molecule has 1 rings (SSSR count). The van der Waals surface area contributed by atoms with Gasteiger partial charge in [0.05, 0.1) is 11.8 Å². The Kier molecular flexibility index (Phi) is 2.88. The van der Waals surface area contributed by atoms with Crippen LogP contribution in [-0.2, 0) is 0 Å². The van der Waals surface area contributed by atoms with Crippen LogP contribution in [0, 0.1) is 0 Å². The van der Waals surface area contributed by atoms with Gasteiger partial charge in [-0.1, -0.05) is 13.8 Å². The van der Waals surface area contributed by atoms with Crippen molar-refractivity contribution in [2.45, 2.75) is 32.2 Å². The van der Waals surface area contributed by atoms with Crippen LogP contribution in [0.1, 0.15) is 37.2 Å². The van der Waals surface area contributed by atoms with E-state index in [0.717, 1.165) is 0 Å². The molecular weight excluding hydrogens is 166 g/mol. The van der Waals surface area contributed by atoms with Crippen molar-refractivity contribution in [3.63, 3.8) is 0 Å². The van der Waals surface area contributed by atoms with Crippen LogP contribution < -0.4 is 5.73 Å². The monoisotopic (exact) mass is 181 g/mol. The van der Waals surface area contributed by atoms with Gasteiger partial charge in [-0.05, 0) is 25.0 Å². The highest BCUT2D eigenvalue weighted by molar-refractivity contribution is 6.00. The second-order valence-electron chi connectivity index (χ2n) is 3.17. The molecule has 0 unspecified atom stereocenters. The normalized spacial score (nSPS) is 11.6. The van der Waals surface area contributed by atoms with Crippen LogP contribution in [0.25, 0.3) is 0 Å². The van der Waals surface area contributed by atoms with Gasteiger partial charge in [-0.3, -0.25) is 4.79 Å². The first-order valence-electron chi connectivity index (χ1n) is 4.51. The molecule has 2 N–H and O–H groups in total. The molecule has 1 heterocycles. The van der Waals surface area contributed by atoms with E-state index in [0.29, 0.717) is 18.6 Å². The van der Waals surface area contributed by atoms with Crippen molar-refractivity contribution in [1.29, 1.82) is 0 Å². The number of hydrogen-bond acceptors (Lipinski definition) is 3. The fourth-order valence-corrected chi connectivity index (χ4v) is 1.22. The molecule has 0 saturated carbocycles. The third-order valence-corrected chi connectivity index (χ3v) is 2.46. The number of ketones is 1. The number of rotatable bonds is 4. The second-order valence-corrected chi connectivity index (χ2v) is 3.17. The molecule has 0 saturated heterocycles. The molecule has 0 atom stereocenters. The van der Waals surface area contributed by atoms with E-state index < -0.39 is 5.54 Å². The lowest BCUT2D eigenvalue weighted by atomic mass is 9.88. The Morgan fingerprint density at radius 1 is 1.54 bits per heavy atom. The van der Waals surface area contributed by atoms with Crippen molar-refractivity contribution in [3.05, 3.63) is 24.2 Å². The Hall–Kier alpha value is -1.09. The first kappa shape index (κ1) is 9.99. The Balaban J connectivity index is 2.89. The van der Waals surface area contributed by atoms with Gasteiger partial charge in [-0.2, -0.15) is 0 Å². The van der Waals surface area contributed by atoms with E-state index in [2.05, 4.69) is 0 Å². The smallest absolute Gasteiger partial charge is 0.217 e. The molecule has 0 radical (unpaired) electrons. The van der Waals surface area contributed by atoms with Crippen molar-refractivity contribution in [2.24, 2.45) is 5.73 Å². The minimum absolute atomic E-state index is 0.109. The van der Waals surface area contributed by atoms with Gasteiger partial charge in [-0.15, -0.1) is 0 Å². The van der Waals surface area contributed by atoms with Crippen molar-refractivity contribution >= 4 is 5.78 Å².